The van der Waals surface area contributed by atoms with Crippen molar-refractivity contribution in [2.45, 2.75) is 20.8 Å². The monoisotopic (exact) mass is 229 g/mol. The van der Waals surface area contributed by atoms with Crippen molar-refractivity contribution >= 4 is 16.5 Å². The van der Waals surface area contributed by atoms with Crippen LogP contribution in [0.5, 0.6) is 5.75 Å². The molecule has 0 atom stereocenters. The van der Waals surface area contributed by atoms with Gasteiger partial charge in [0.1, 0.15) is 5.75 Å². The molecule has 0 heterocycles. The van der Waals surface area contributed by atoms with Crippen molar-refractivity contribution in [1.29, 1.82) is 0 Å². The first-order valence-electron chi connectivity index (χ1n) is 5.92. The Labute approximate surface area is 102 Å². The summed E-state index contributed by atoms with van der Waals surface area (Å²) >= 11 is 0. The molecule has 2 aromatic carbocycles. The third-order valence-corrected chi connectivity index (χ3v) is 2.71. The molecule has 0 aliphatic rings. The summed E-state index contributed by atoms with van der Waals surface area (Å²) in [5.41, 5.74) is 1.31. The highest BCUT2D eigenvalue weighted by atomic mass is 16.3. The Balaban J connectivity index is 2.38. The van der Waals surface area contributed by atoms with Crippen LogP contribution in [0.3, 0.4) is 0 Å². The van der Waals surface area contributed by atoms with Gasteiger partial charge in [-0.1, -0.05) is 45.0 Å². The van der Waals surface area contributed by atoms with Gasteiger partial charge in [0, 0.05) is 23.0 Å². The number of hydrogen-bond donors (Lipinski definition) is 2. The molecule has 2 N–H and O–H groups in total. The molecule has 0 amide bonds. The van der Waals surface area contributed by atoms with Gasteiger partial charge in [-0.3, -0.25) is 0 Å². The molecular weight excluding hydrogens is 210 g/mol. The molecule has 0 radical (unpaired) electrons. The summed E-state index contributed by atoms with van der Waals surface area (Å²) in [6, 6.07) is 11.6. The molecule has 0 fully saturated rings. The van der Waals surface area contributed by atoms with E-state index >= 15 is 0 Å². The van der Waals surface area contributed by atoms with Crippen LogP contribution in [-0.2, 0) is 0 Å². The maximum Gasteiger partial charge on any atom is 0.123 e. The van der Waals surface area contributed by atoms with Gasteiger partial charge in [0.2, 0.25) is 0 Å². The predicted octanol–water partition coefficient (Wildman–Crippen LogP) is 4.00. The minimum atomic E-state index is 0.235. The molecule has 2 nitrogen and oxygen atoms in total. The van der Waals surface area contributed by atoms with E-state index in [1.807, 2.05) is 30.3 Å². The van der Waals surface area contributed by atoms with E-state index in [1.165, 1.54) is 0 Å². The lowest BCUT2D eigenvalue weighted by atomic mass is 9.96. The predicted molar refractivity (Wildman–Crippen MR) is 73.6 cm³/mol. The average Bonchev–Trinajstić information content (AvgIpc) is 2.26. The van der Waals surface area contributed by atoms with Crippen molar-refractivity contribution in [1.82, 2.24) is 0 Å². The third-order valence-electron chi connectivity index (χ3n) is 2.71. The highest BCUT2D eigenvalue weighted by molar-refractivity contribution is 5.97. The Kier molecular flexibility index (Phi) is 2.97. The van der Waals surface area contributed by atoms with E-state index in [1.54, 1.807) is 6.07 Å². The number of anilines is 1. The van der Waals surface area contributed by atoms with Crippen LogP contribution in [0.15, 0.2) is 36.4 Å². The van der Waals surface area contributed by atoms with Crippen LogP contribution < -0.4 is 5.32 Å². The maximum atomic E-state index is 9.80. The largest absolute Gasteiger partial charge is 0.507 e. The average molecular weight is 229 g/mol. The summed E-state index contributed by atoms with van der Waals surface area (Å²) < 4.78 is 0. The minimum absolute atomic E-state index is 0.235. The first kappa shape index (κ1) is 11.8. The van der Waals surface area contributed by atoms with Gasteiger partial charge in [-0.2, -0.15) is 0 Å². The van der Waals surface area contributed by atoms with E-state index in [0.717, 1.165) is 23.0 Å². The van der Waals surface area contributed by atoms with E-state index in [0.29, 0.717) is 5.75 Å². The van der Waals surface area contributed by atoms with Crippen LogP contribution in [0.25, 0.3) is 10.8 Å². The molecular formula is C15H19NO. The Hall–Kier alpha value is -1.70. The Morgan fingerprint density at radius 3 is 2.35 bits per heavy atom. The van der Waals surface area contributed by atoms with Gasteiger partial charge >= 0.3 is 0 Å². The molecule has 0 saturated carbocycles. The van der Waals surface area contributed by atoms with Crippen LogP contribution in [0.2, 0.25) is 0 Å². The highest BCUT2D eigenvalue weighted by Crippen LogP contribution is 2.30. The van der Waals surface area contributed by atoms with Crippen molar-refractivity contribution in [2.75, 3.05) is 11.9 Å². The number of nitrogens with one attached hydrogen (secondary N) is 1. The third kappa shape index (κ3) is 2.70. The van der Waals surface area contributed by atoms with Crippen LogP contribution in [0.1, 0.15) is 20.8 Å². The normalized spacial score (nSPS) is 11.7. The van der Waals surface area contributed by atoms with E-state index in [2.05, 4.69) is 26.1 Å². The summed E-state index contributed by atoms with van der Waals surface area (Å²) in [6.07, 6.45) is 0. The van der Waals surface area contributed by atoms with Gasteiger partial charge in [-0.05, 0) is 17.5 Å². The number of fused-ring (bicyclic) bond motifs is 1. The second-order valence-corrected chi connectivity index (χ2v) is 5.59. The zero-order chi connectivity index (χ0) is 12.5. The minimum Gasteiger partial charge on any atom is -0.507 e. The number of phenolic OH excluding ortho intramolecular Hbond substituents is 1. The molecule has 2 aromatic rings. The van der Waals surface area contributed by atoms with E-state index in [-0.39, 0.29) is 5.41 Å². The van der Waals surface area contributed by atoms with Gasteiger partial charge in [-0.15, -0.1) is 0 Å². The van der Waals surface area contributed by atoms with E-state index in [4.69, 9.17) is 0 Å². The quantitative estimate of drug-likeness (QED) is 0.815. The lowest BCUT2D eigenvalue weighted by molar-refractivity contribution is 0.443. The van der Waals surface area contributed by atoms with Gasteiger partial charge in [0.25, 0.3) is 0 Å². The molecule has 90 valence electrons. The molecule has 0 aliphatic heterocycles. The first-order chi connectivity index (χ1) is 7.97. The highest BCUT2D eigenvalue weighted by Gasteiger charge is 2.10. The maximum absolute atomic E-state index is 9.80. The SMILES string of the molecule is CC(C)(C)CNc1cccc2c(O)cccc12. The summed E-state index contributed by atoms with van der Waals surface area (Å²) in [4.78, 5) is 0. The summed E-state index contributed by atoms with van der Waals surface area (Å²) in [6.45, 7) is 7.50. The molecule has 0 spiro atoms. The fourth-order valence-electron chi connectivity index (χ4n) is 1.81. The lowest BCUT2D eigenvalue weighted by Gasteiger charge is -2.20. The van der Waals surface area contributed by atoms with Gasteiger partial charge in [0.05, 0.1) is 0 Å². The summed E-state index contributed by atoms with van der Waals surface area (Å²) in [5, 5.41) is 15.2. The first-order valence-corrected chi connectivity index (χ1v) is 5.92. The Morgan fingerprint density at radius 1 is 1.00 bits per heavy atom. The Bertz CT molecular complexity index is 526. The number of benzene rings is 2. The van der Waals surface area contributed by atoms with Gasteiger partial charge in [-0.25, -0.2) is 0 Å². The molecule has 0 bridgehead atoms. The summed E-state index contributed by atoms with van der Waals surface area (Å²) in [7, 11) is 0. The van der Waals surface area contributed by atoms with Crippen LogP contribution in [0.4, 0.5) is 5.69 Å². The molecule has 2 heteroatoms. The topological polar surface area (TPSA) is 32.3 Å². The number of rotatable bonds is 2. The second-order valence-electron chi connectivity index (χ2n) is 5.59. The molecule has 0 aromatic heterocycles. The lowest BCUT2D eigenvalue weighted by Crippen LogP contribution is -2.19. The molecule has 2 rings (SSSR count). The van der Waals surface area contributed by atoms with Crippen molar-refractivity contribution < 1.29 is 5.11 Å². The van der Waals surface area contributed by atoms with Crippen molar-refractivity contribution in [2.24, 2.45) is 5.41 Å². The van der Waals surface area contributed by atoms with Crippen molar-refractivity contribution in [3.63, 3.8) is 0 Å². The smallest absolute Gasteiger partial charge is 0.123 e. The molecule has 0 unspecified atom stereocenters. The Morgan fingerprint density at radius 2 is 1.65 bits per heavy atom. The number of aromatic hydroxyl groups is 1. The summed E-state index contributed by atoms with van der Waals surface area (Å²) in [5.74, 6) is 0.335. The van der Waals surface area contributed by atoms with Crippen molar-refractivity contribution in [3.8, 4) is 5.75 Å². The molecule has 17 heavy (non-hydrogen) atoms. The number of hydrogen-bond acceptors (Lipinski definition) is 2. The van der Waals surface area contributed by atoms with E-state index < -0.39 is 0 Å². The van der Waals surface area contributed by atoms with E-state index in [9.17, 15) is 5.11 Å². The van der Waals surface area contributed by atoms with Crippen LogP contribution in [0, 0.1) is 5.41 Å². The van der Waals surface area contributed by atoms with Crippen LogP contribution in [-0.4, -0.2) is 11.7 Å². The zero-order valence-corrected chi connectivity index (χ0v) is 10.6. The number of phenols is 1. The standard InChI is InChI=1S/C15H19NO/c1-15(2,3)10-16-13-8-4-7-12-11(13)6-5-9-14(12)17/h4-9,16-17H,10H2,1-3H3. The van der Waals surface area contributed by atoms with Gasteiger partial charge in [0.15, 0.2) is 0 Å². The molecule has 0 saturated heterocycles. The fourth-order valence-corrected chi connectivity index (χ4v) is 1.81. The zero-order valence-electron chi connectivity index (χ0n) is 10.6. The van der Waals surface area contributed by atoms with Crippen LogP contribution >= 0.6 is 0 Å². The second kappa shape index (κ2) is 4.28. The fraction of sp³-hybridized carbons (Fsp3) is 0.333. The van der Waals surface area contributed by atoms with Crippen molar-refractivity contribution in [3.05, 3.63) is 36.4 Å². The van der Waals surface area contributed by atoms with Gasteiger partial charge < -0.3 is 10.4 Å². The molecule has 0 aliphatic carbocycles.